The molecule has 4 atom stereocenters. The van der Waals surface area contributed by atoms with Crippen molar-refractivity contribution in [2.24, 2.45) is 23.2 Å². The molecule has 0 bridgehead atoms. The monoisotopic (exact) mass is 284 g/mol. The first-order valence-electron chi connectivity index (χ1n) is 6.38. The van der Waals surface area contributed by atoms with E-state index in [0.717, 1.165) is 6.29 Å². The van der Waals surface area contributed by atoms with Crippen LogP contribution in [0.4, 0.5) is 0 Å². The molecule has 2 aliphatic carbocycles. The number of allylic oxidation sites excluding steroid dienone is 1. The number of fused-ring (bicyclic) bond motifs is 1. The number of carbonyl (C=O) groups is 1. The van der Waals surface area contributed by atoms with Crippen molar-refractivity contribution in [2.75, 3.05) is 0 Å². The van der Waals surface area contributed by atoms with Gasteiger partial charge in [0.15, 0.2) is 0 Å². The average Bonchev–Trinajstić information content (AvgIpc) is 2.64. The Bertz CT molecular complexity index is 310. The summed E-state index contributed by atoms with van der Waals surface area (Å²) in [6.45, 7) is 4.50. The SMILES string of the molecule is C[C@@H](C=O)[C@H]1CCC2/C(=C/Br)CCC[C@@]21C. The molecule has 16 heavy (non-hydrogen) atoms. The highest BCUT2D eigenvalue weighted by Gasteiger charge is 2.50. The van der Waals surface area contributed by atoms with Crippen molar-refractivity contribution in [1.82, 2.24) is 0 Å². The third-order valence-corrected chi connectivity index (χ3v) is 5.62. The quantitative estimate of drug-likeness (QED) is 0.691. The Kier molecular flexibility index (Phi) is 3.58. The van der Waals surface area contributed by atoms with E-state index in [2.05, 4.69) is 34.8 Å². The number of aldehydes is 1. The third-order valence-electron chi connectivity index (χ3n) is 5.03. The molecule has 2 fully saturated rings. The summed E-state index contributed by atoms with van der Waals surface area (Å²) < 4.78 is 0. The first-order valence-corrected chi connectivity index (χ1v) is 7.29. The maximum atomic E-state index is 11.0. The van der Waals surface area contributed by atoms with Crippen LogP contribution in [-0.2, 0) is 4.79 Å². The first-order chi connectivity index (χ1) is 7.63. The summed E-state index contributed by atoms with van der Waals surface area (Å²) in [7, 11) is 0. The fourth-order valence-corrected chi connectivity index (χ4v) is 4.72. The number of hydrogen-bond donors (Lipinski definition) is 0. The number of hydrogen-bond acceptors (Lipinski definition) is 1. The maximum Gasteiger partial charge on any atom is 0.123 e. The van der Waals surface area contributed by atoms with Crippen LogP contribution in [0.1, 0.15) is 46.0 Å². The van der Waals surface area contributed by atoms with E-state index in [1.54, 1.807) is 5.57 Å². The van der Waals surface area contributed by atoms with Crippen molar-refractivity contribution >= 4 is 22.2 Å². The molecule has 0 aromatic heterocycles. The predicted molar refractivity (Wildman–Crippen MR) is 70.4 cm³/mol. The van der Waals surface area contributed by atoms with Gasteiger partial charge in [-0.3, -0.25) is 0 Å². The lowest BCUT2D eigenvalue weighted by atomic mass is 9.61. The summed E-state index contributed by atoms with van der Waals surface area (Å²) >= 11 is 3.51. The van der Waals surface area contributed by atoms with E-state index in [1.165, 1.54) is 32.1 Å². The molecular weight excluding hydrogens is 264 g/mol. The lowest BCUT2D eigenvalue weighted by Crippen LogP contribution is -2.36. The molecule has 2 aliphatic rings. The van der Waals surface area contributed by atoms with Crippen LogP contribution in [0, 0.1) is 23.2 Å². The molecule has 2 saturated carbocycles. The van der Waals surface area contributed by atoms with Crippen molar-refractivity contribution in [2.45, 2.75) is 46.0 Å². The van der Waals surface area contributed by atoms with Gasteiger partial charge in [-0.15, -0.1) is 0 Å². The number of carbonyl (C=O) groups excluding carboxylic acids is 1. The van der Waals surface area contributed by atoms with Gasteiger partial charge in [-0.25, -0.2) is 0 Å². The van der Waals surface area contributed by atoms with E-state index in [1.807, 2.05) is 0 Å². The molecule has 1 unspecified atom stereocenters. The normalized spacial score (nSPS) is 43.1. The fourth-order valence-electron chi connectivity index (χ4n) is 4.17. The van der Waals surface area contributed by atoms with Crippen molar-refractivity contribution < 1.29 is 4.79 Å². The van der Waals surface area contributed by atoms with Crippen LogP contribution in [0.3, 0.4) is 0 Å². The second kappa shape index (κ2) is 4.64. The number of halogens is 1. The zero-order valence-electron chi connectivity index (χ0n) is 10.2. The second-order valence-electron chi connectivity index (χ2n) is 5.78. The van der Waals surface area contributed by atoms with Crippen LogP contribution in [0.5, 0.6) is 0 Å². The lowest BCUT2D eigenvalue weighted by Gasteiger charge is -2.43. The molecule has 2 heteroatoms. The molecule has 0 N–H and O–H groups in total. The van der Waals surface area contributed by atoms with Crippen molar-refractivity contribution in [3.8, 4) is 0 Å². The van der Waals surface area contributed by atoms with Gasteiger partial charge in [0.2, 0.25) is 0 Å². The van der Waals surface area contributed by atoms with Gasteiger partial charge in [0.1, 0.15) is 6.29 Å². The Balaban J connectivity index is 2.27. The Labute approximate surface area is 107 Å². The lowest BCUT2D eigenvalue weighted by molar-refractivity contribution is -0.113. The molecule has 0 aromatic carbocycles. The third kappa shape index (κ3) is 1.79. The molecule has 0 spiro atoms. The Morgan fingerprint density at radius 2 is 2.25 bits per heavy atom. The Hall–Kier alpha value is -0.110. The minimum atomic E-state index is 0.227. The van der Waals surface area contributed by atoms with Crippen LogP contribution in [0.2, 0.25) is 0 Å². The van der Waals surface area contributed by atoms with Crippen LogP contribution in [-0.4, -0.2) is 6.29 Å². The highest BCUT2D eigenvalue weighted by Crippen LogP contribution is 2.59. The molecule has 2 rings (SSSR count). The van der Waals surface area contributed by atoms with Gasteiger partial charge in [-0.1, -0.05) is 35.4 Å². The minimum absolute atomic E-state index is 0.227. The van der Waals surface area contributed by atoms with Crippen molar-refractivity contribution in [3.63, 3.8) is 0 Å². The van der Waals surface area contributed by atoms with Gasteiger partial charge in [0.05, 0.1) is 0 Å². The smallest absolute Gasteiger partial charge is 0.123 e. The van der Waals surface area contributed by atoms with Crippen molar-refractivity contribution in [3.05, 3.63) is 10.6 Å². The highest BCUT2D eigenvalue weighted by molar-refractivity contribution is 9.11. The van der Waals surface area contributed by atoms with Crippen LogP contribution in [0.15, 0.2) is 10.6 Å². The second-order valence-corrected chi connectivity index (χ2v) is 6.23. The van der Waals surface area contributed by atoms with E-state index >= 15 is 0 Å². The van der Waals surface area contributed by atoms with Crippen LogP contribution < -0.4 is 0 Å². The predicted octanol–water partition coefficient (Wildman–Crippen LogP) is 4.32. The summed E-state index contributed by atoms with van der Waals surface area (Å²) in [5.74, 6) is 1.54. The first kappa shape index (κ1) is 12.3. The van der Waals surface area contributed by atoms with Gasteiger partial charge in [0, 0.05) is 5.92 Å². The van der Waals surface area contributed by atoms with Gasteiger partial charge >= 0.3 is 0 Å². The minimum Gasteiger partial charge on any atom is -0.303 e. The zero-order chi connectivity index (χ0) is 11.8. The average molecular weight is 285 g/mol. The zero-order valence-corrected chi connectivity index (χ0v) is 11.8. The standard InChI is InChI=1S/C14H21BrO/c1-10(9-16)12-5-6-13-11(8-15)4-3-7-14(12,13)2/h8-10,12-13H,3-7H2,1-2H3/b11-8+/t10-,12+,13?,14+/m0/s1. The van der Waals surface area contributed by atoms with Gasteiger partial charge in [0.25, 0.3) is 0 Å². The van der Waals surface area contributed by atoms with E-state index in [-0.39, 0.29) is 5.92 Å². The molecule has 0 aliphatic heterocycles. The van der Waals surface area contributed by atoms with Crippen molar-refractivity contribution in [1.29, 1.82) is 0 Å². The summed E-state index contributed by atoms with van der Waals surface area (Å²) in [6.07, 6.45) is 7.48. The topological polar surface area (TPSA) is 17.1 Å². The van der Waals surface area contributed by atoms with E-state index < -0.39 is 0 Å². The molecule has 0 saturated heterocycles. The fraction of sp³-hybridized carbons (Fsp3) is 0.786. The molecule has 0 amide bonds. The van der Waals surface area contributed by atoms with E-state index in [0.29, 0.717) is 17.3 Å². The summed E-state index contributed by atoms with van der Waals surface area (Å²) in [5.41, 5.74) is 1.95. The largest absolute Gasteiger partial charge is 0.303 e. The van der Waals surface area contributed by atoms with Gasteiger partial charge in [-0.2, -0.15) is 0 Å². The Morgan fingerprint density at radius 3 is 2.88 bits per heavy atom. The molecule has 0 radical (unpaired) electrons. The van der Waals surface area contributed by atoms with Crippen LogP contribution in [0.25, 0.3) is 0 Å². The number of rotatable bonds is 2. The molecular formula is C14H21BrO. The summed E-state index contributed by atoms with van der Waals surface area (Å²) in [4.78, 5) is 13.2. The molecule has 0 heterocycles. The molecule has 0 aromatic rings. The van der Waals surface area contributed by atoms with Crippen LogP contribution >= 0.6 is 15.9 Å². The maximum absolute atomic E-state index is 11.0. The highest BCUT2D eigenvalue weighted by atomic mass is 79.9. The van der Waals surface area contributed by atoms with Gasteiger partial charge < -0.3 is 4.79 Å². The Morgan fingerprint density at radius 1 is 1.50 bits per heavy atom. The van der Waals surface area contributed by atoms with E-state index in [4.69, 9.17) is 0 Å². The van der Waals surface area contributed by atoms with Gasteiger partial charge in [-0.05, 0) is 54.3 Å². The summed E-state index contributed by atoms with van der Waals surface area (Å²) in [5, 5.41) is 0. The molecule has 1 nitrogen and oxygen atoms in total. The van der Waals surface area contributed by atoms with E-state index in [9.17, 15) is 4.79 Å². The molecule has 90 valence electrons. The summed E-state index contributed by atoms with van der Waals surface area (Å²) in [6, 6.07) is 0.